The van der Waals surface area contributed by atoms with Crippen molar-refractivity contribution >= 4 is 53.2 Å². The molecule has 1 aliphatic heterocycles. The van der Waals surface area contributed by atoms with E-state index in [0.717, 1.165) is 34.0 Å². The molecular formula is C23H23N4OPS2. The molecule has 1 saturated heterocycles. The van der Waals surface area contributed by atoms with E-state index in [4.69, 9.17) is 4.52 Å². The van der Waals surface area contributed by atoms with E-state index < -0.39 is 0 Å². The van der Waals surface area contributed by atoms with E-state index in [0.29, 0.717) is 0 Å². The van der Waals surface area contributed by atoms with Gasteiger partial charge in [0, 0.05) is 28.1 Å². The standard InChI is InChI=1S/C23H23N4OPS2/c1-2-29-28-18-7-5-6-17(11-18)26-23-22-19(24-15-25-23)12-21(31-22)20-10-16(14-30-20)13-27-8-3-4-9-27/h2,5-7,10-12,14-15,29H,1,3-4,8-9,13H2,(H,24,25,26). The highest BCUT2D eigenvalue weighted by Gasteiger charge is 2.15. The third-order valence-corrected chi connectivity index (χ3v) is 8.00. The first kappa shape index (κ1) is 20.6. The second-order valence-corrected chi connectivity index (χ2v) is 10.2. The van der Waals surface area contributed by atoms with Crippen LogP contribution in [0.4, 0.5) is 11.5 Å². The van der Waals surface area contributed by atoms with E-state index in [2.05, 4.69) is 44.3 Å². The van der Waals surface area contributed by atoms with Crippen molar-refractivity contribution in [3.8, 4) is 15.5 Å². The smallest absolute Gasteiger partial charge is 0.151 e. The first-order chi connectivity index (χ1) is 15.3. The van der Waals surface area contributed by atoms with Gasteiger partial charge >= 0.3 is 0 Å². The number of nitrogens with one attached hydrogen (secondary N) is 1. The lowest BCUT2D eigenvalue weighted by atomic mass is 10.2. The van der Waals surface area contributed by atoms with Gasteiger partial charge in [0.25, 0.3) is 0 Å². The summed E-state index contributed by atoms with van der Waals surface area (Å²) in [6.07, 6.45) is 4.27. The molecule has 5 rings (SSSR count). The molecule has 1 aliphatic rings. The zero-order valence-electron chi connectivity index (χ0n) is 17.0. The third kappa shape index (κ3) is 4.80. The number of likely N-dealkylation sites (tertiary alicyclic amines) is 1. The van der Waals surface area contributed by atoms with Crippen molar-refractivity contribution < 1.29 is 4.52 Å². The SMILES string of the molecule is C=CPOc1cccc(Nc2ncnc3cc(-c4cc(CN5CCCC5)cs4)sc23)c1. The van der Waals surface area contributed by atoms with Crippen molar-refractivity contribution in [1.82, 2.24) is 14.9 Å². The molecule has 4 heterocycles. The molecule has 1 atom stereocenters. The molecule has 3 aromatic heterocycles. The van der Waals surface area contributed by atoms with Gasteiger partial charge in [-0.25, -0.2) is 9.97 Å². The molecule has 1 N–H and O–H groups in total. The summed E-state index contributed by atoms with van der Waals surface area (Å²) in [5.41, 5.74) is 3.30. The molecular weight excluding hydrogens is 443 g/mol. The van der Waals surface area contributed by atoms with E-state index in [1.54, 1.807) is 23.5 Å². The molecule has 1 fully saturated rings. The molecule has 0 spiro atoms. The van der Waals surface area contributed by atoms with Gasteiger partial charge in [-0.15, -0.1) is 22.7 Å². The maximum Gasteiger partial charge on any atom is 0.151 e. The predicted octanol–water partition coefficient (Wildman–Crippen LogP) is 6.88. The average Bonchev–Trinajstić information content (AvgIpc) is 3.54. The lowest BCUT2D eigenvalue weighted by Crippen LogP contribution is -2.17. The van der Waals surface area contributed by atoms with Crippen LogP contribution in [0.2, 0.25) is 0 Å². The van der Waals surface area contributed by atoms with Crippen molar-refractivity contribution in [2.24, 2.45) is 0 Å². The number of nitrogens with zero attached hydrogens (tertiary/aromatic N) is 3. The number of anilines is 2. The topological polar surface area (TPSA) is 50.3 Å². The number of benzene rings is 1. The molecule has 0 aliphatic carbocycles. The van der Waals surface area contributed by atoms with Crippen LogP contribution in [0.1, 0.15) is 18.4 Å². The maximum absolute atomic E-state index is 5.67. The van der Waals surface area contributed by atoms with Gasteiger partial charge in [0.05, 0.1) is 19.0 Å². The van der Waals surface area contributed by atoms with Gasteiger partial charge in [0.1, 0.15) is 12.1 Å². The number of hydrogen-bond donors (Lipinski definition) is 1. The predicted molar refractivity (Wildman–Crippen MR) is 134 cm³/mol. The first-order valence-corrected chi connectivity index (χ1v) is 12.9. The minimum Gasteiger partial charge on any atom is -0.473 e. The second-order valence-electron chi connectivity index (χ2n) is 7.43. The quantitative estimate of drug-likeness (QED) is 0.287. The van der Waals surface area contributed by atoms with Gasteiger partial charge < -0.3 is 9.84 Å². The van der Waals surface area contributed by atoms with Crippen molar-refractivity contribution in [3.05, 3.63) is 66.1 Å². The van der Waals surface area contributed by atoms with Crippen LogP contribution in [0.5, 0.6) is 5.75 Å². The van der Waals surface area contributed by atoms with Crippen LogP contribution < -0.4 is 9.84 Å². The second kappa shape index (κ2) is 9.45. The fraction of sp³-hybridized carbons (Fsp3) is 0.217. The van der Waals surface area contributed by atoms with Crippen LogP contribution in [0.3, 0.4) is 0 Å². The molecule has 0 radical (unpaired) electrons. The Hall–Kier alpha value is -2.31. The van der Waals surface area contributed by atoms with Crippen molar-refractivity contribution in [3.63, 3.8) is 0 Å². The first-order valence-electron chi connectivity index (χ1n) is 10.2. The van der Waals surface area contributed by atoms with Gasteiger partial charge in [-0.1, -0.05) is 12.6 Å². The van der Waals surface area contributed by atoms with Crippen LogP contribution in [0, 0.1) is 0 Å². The van der Waals surface area contributed by atoms with Crippen molar-refractivity contribution in [1.29, 1.82) is 0 Å². The number of thiophene rings is 2. The van der Waals surface area contributed by atoms with Crippen molar-refractivity contribution in [2.45, 2.75) is 19.4 Å². The van der Waals surface area contributed by atoms with E-state index >= 15 is 0 Å². The Morgan fingerprint density at radius 1 is 1.16 bits per heavy atom. The number of aromatic nitrogens is 2. The molecule has 31 heavy (non-hydrogen) atoms. The number of hydrogen-bond acceptors (Lipinski definition) is 7. The molecule has 1 aromatic carbocycles. The Bertz CT molecular complexity index is 1200. The summed E-state index contributed by atoms with van der Waals surface area (Å²) in [4.78, 5) is 14.1. The fourth-order valence-electron chi connectivity index (χ4n) is 3.74. The van der Waals surface area contributed by atoms with Crippen LogP contribution in [0.25, 0.3) is 20.0 Å². The number of fused-ring (bicyclic) bond motifs is 1. The van der Waals surface area contributed by atoms with Gasteiger partial charge in [0.15, 0.2) is 5.82 Å². The molecule has 4 aromatic rings. The van der Waals surface area contributed by atoms with Gasteiger partial charge in [-0.2, -0.15) is 0 Å². The zero-order valence-corrected chi connectivity index (χ0v) is 19.6. The zero-order chi connectivity index (χ0) is 21.0. The maximum atomic E-state index is 5.67. The molecule has 0 bridgehead atoms. The summed E-state index contributed by atoms with van der Waals surface area (Å²) >= 11 is 3.55. The normalized spacial score (nSPS) is 14.6. The van der Waals surface area contributed by atoms with E-state index in [1.807, 2.05) is 35.6 Å². The van der Waals surface area contributed by atoms with Gasteiger partial charge in [0.2, 0.25) is 0 Å². The molecule has 158 valence electrons. The Kier molecular flexibility index (Phi) is 6.27. The van der Waals surface area contributed by atoms with E-state index in [9.17, 15) is 0 Å². The average molecular weight is 467 g/mol. The van der Waals surface area contributed by atoms with Crippen LogP contribution >= 0.6 is 31.5 Å². The third-order valence-electron chi connectivity index (χ3n) is 5.17. The van der Waals surface area contributed by atoms with Crippen molar-refractivity contribution in [2.75, 3.05) is 18.4 Å². The fourth-order valence-corrected chi connectivity index (χ4v) is 6.13. The summed E-state index contributed by atoms with van der Waals surface area (Å²) in [5, 5.41) is 5.73. The minimum atomic E-state index is 0.242. The summed E-state index contributed by atoms with van der Waals surface area (Å²) in [6, 6.07) is 12.4. The Balaban J connectivity index is 1.38. The van der Waals surface area contributed by atoms with E-state index in [1.165, 1.54) is 41.2 Å². The van der Waals surface area contributed by atoms with E-state index in [-0.39, 0.29) is 8.81 Å². The molecule has 0 amide bonds. The number of rotatable bonds is 8. The van der Waals surface area contributed by atoms with Crippen LogP contribution in [0.15, 0.2) is 60.5 Å². The molecule has 1 unspecified atom stereocenters. The van der Waals surface area contributed by atoms with Gasteiger partial charge in [-0.05, 0) is 67.0 Å². The van der Waals surface area contributed by atoms with Crippen LogP contribution in [-0.4, -0.2) is 28.0 Å². The summed E-state index contributed by atoms with van der Waals surface area (Å²) < 4.78 is 6.73. The Morgan fingerprint density at radius 2 is 2.06 bits per heavy atom. The Labute approximate surface area is 191 Å². The highest BCUT2D eigenvalue weighted by molar-refractivity contribution is 7.36. The minimum absolute atomic E-state index is 0.242. The van der Waals surface area contributed by atoms with Gasteiger partial charge in [-0.3, -0.25) is 4.90 Å². The molecule has 0 saturated carbocycles. The summed E-state index contributed by atoms with van der Waals surface area (Å²) in [7, 11) is 0.242. The summed E-state index contributed by atoms with van der Waals surface area (Å²) in [6.45, 7) is 7.21. The monoisotopic (exact) mass is 466 g/mol. The highest BCUT2D eigenvalue weighted by Crippen LogP contribution is 2.39. The summed E-state index contributed by atoms with van der Waals surface area (Å²) in [5.74, 6) is 3.39. The highest BCUT2D eigenvalue weighted by atomic mass is 32.1. The lowest BCUT2D eigenvalue weighted by molar-refractivity contribution is 0.332. The Morgan fingerprint density at radius 3 is 2.94 bits per heavy atom. The largest absolute Gasteiger partial charge is 0.473 e. The molecule has 5 nitrogen and oxygen atoms in total. The molecule has 8 heteroatoms. The van der Waals surface area contributed by atoms with Crippen LogP contribution in [-0.2, 0) is 6.54 Å². The lowest BCUT2D eigenvalue weighted by Gasteiger charge is -2.12.